The van der Waals surface area contributed by atoms with Crippen LogP contribution in [0.25, 0.3) is 0 Å². The van der Waals surface area contributed by atoms with E-state index in [1.165, 1.54) is 17.9 Å². The van der Waals surface area contributed by atoms with Crippen molar-refractivity contribution in [3.63, 3.8) is 0 Å². The first kappa shape index (κ1) is 30.0. The van der Waals surface area contributed by atoms with E-state index in [9.17, 15) is 14.7 Å². The molecular formula is C31H31IN2O8. The summed E-state index contributed by atoms with van der Waals surface area (Å²) in [6.07, 6.45) is -2.60. The molecule has 0 bridgehead atoms. The Morgan fingerprint density at radius 1 is 0.929 bits per heavy atom. The molecule has 0 spiro atoms. The number of nitrogens with zero attached hydrogens (tertiary/aromatic N) is 1. The van der Waals surface area contributed by atoms with Crippen LogP contribution in [0.4, 0.5) is 0 Å². The number of para-hydroxylation sites is 1. The molecule has 0 saturated carbocycles. The summed E-state index contributed by atoms with van der Waals surface area (Å²) in [5.41, 5.74) is -0.114. The van der Waals surface area contributed by atoms with Crippen LogP contribution in [0.3, 0.4) is 0 Å². The van der Waals surface area contributed by atoms with Gasteiger partial charge in [0.25, 0.3) is 5.56 Å². The molecule has 0 amide bonds. The molecule has 3 aromatic carbocycles. The van der Waals surface area contributed by atoms with Gasteiger partial charge in [-0.05, 0) is 39.8 Å². The number of aliphatic hydroxyl groups is 1. The molecule has 0 radical (unpaired) electrons. The number of hydrogen-bond acceptors (Lipinski definition) is 8. The number of methoxy groups -OCH3 is 3. The van der Waals surface area contributed by atoms with E-state index in [2.05, 4.69) is 4.98 Å². The Labute approximate surface area is 255 Å². The van der Waals surface area contributed by atoms with Gasteiger partial charge in [0.05, 0.1) is 24.4 Å². The molecule has 42 heavy (non-hydrogen) atoms. The Hall–Kier alpha value is -3.49. The van der Waals surface area contributed by atoms with Crippen molar-refractivity contribution in [3.05, 3.63) is 126 Å². The summed E-state index contributed by atoms with van der Waals surface area (Å²) in [5.74, 6) is 1.01. The van der Waals surface area contributed by atoms with E-state index in [0.29, 0.717) is 17.1 Å². The molecule has 1 fully saturated rings. The summed E-state index contributed by atoms with van der Waals surface area (Å²) in [7, 11) is 4.57. The minimum Gasteiger partial charge on any atom is -0.493 e. The van der Waals surface area contributed by atoms with E-state index >= 15 is 0 Å². The first-order valence-electron chi connectivity index (χ1n) is 13.2. The zero-order valence-corrected chi connectivity index (χ0v) is 25.4. The molecule has 10 nitrogen and oxygen atoms in total. The van der Waals surface area contributed by atoms with Crippen molar-refractivity contribution in [1.82, 2.24) is 9.55 Å². The van der Waals surface area contributed by atoms with E-state index in [0.717, 1.165) is 11.1 Å². The second kappa shape index (κ2) is 12.8. The summed E-state index contributed by atoms with van der Waals surface area (Å²) in [6, 6.07) is 24.9. The second-order valence-electron chi connectivity index (χ2n) is 9.66. The van der Waals surface area contributed by atoms with Gasteiger partial charge in [-0.15, -0.1) is 0 Å². The third kappa shape index (κ3) is 5.38. The summed E-state index contributed by atoms with van der Waals surface area (Å²) in [5, 5.41) is 11.3. The number of nitrogens with one attached hydrogen (secondary N) is 1. The average molecular weight is 686 g/mol. The molecule has 4 atom stereocenters. The van der Waals surface area contributed by atoms with Gasteiger partial charge in [0.1, 0.15) is 23.9 Å². The third-order valence-corrected chi connectivity index (χ3v) is 8.16. The molecule has 0 aliphatic carbocycles. The fourth-order valence-corrected chi connectivity index (χ4v) is 5.86. The highest BCUT2D eigenvalue weighted by Gasteiger charge is 2.48. The lowest BCUT2D eigenvalue weighted by Crippen LogP contribution is -2.41. The van der Waals surface area contributed by atoms with Crippen molar-refractivity contribution >= 4 is 22.6 Å². The van der Waals surface area contributed by atoms with Gasteiger partial charge in [-0.1, -0.05) is 72.8 Å². The Kier molecular flexibility index (Phi) is 9.13. The van der Waals surface area contributed by atoms with E-state index in [-0.39, 0.29) is 10.2 Å². The van der Waals surface area contributed by atoms with Crippen LogP contribution in [0, 0.1) is 3.57 Å². The molecular weight excluding hydrogens is 655 g/mol. The van der Waals surface area contributed by atoms with E-state index < -0.39 is 41.4 Å². The topological polar surface area (TPSA) is 121 Å². The Morgan fingerprint density at radius 3 is 2.14 bits per heavy atom. The molecule has 5 rings (SSSR count). The lowest BCUT2D eigenvalue weighted by Gasteiger charge is -2.38. The molecule has 4 aromatic rings. The van der Waals surface area contributed by atoms with Crippen LogP contribution in [0.2, 0.25) is 0 Å². The molecule has 0 unspecified atom stereocenters. The number of aliphatic hydroxyl groups excluding tert-OH is 1. The summed E-state index contributed by atoms with van der Waals surface area (Å²) >= 11 is 1.83. The van der Waals surface area contributed by atoms with Crippen LogP contribution in [0.1, 0.15) is 22.9 Å². The number of rotatable bonds is 10. The van der Waals surface area contributed by atoms with Gasteiger partial charge >= 0.3 is 5.69 Å². The van der Waals surface area contributed by atoms with Crippen LogP contribution >= 0.6 is 22.6 Å². The molecule has 2 N–H and O–H groups in total. The van der Waals surface area contributed by atoms with Crippen LogP contribution in [-0.2, 0) is 19.8 Å². The molecule has 1 aliphatic heterocycles. The molecule has 220 valence electrons. The number of ether oxygens (including phenoxy) is 5. The monoisotopic (exact) mass is 686 g/mol. The first-order chi connectivity index (χ1) is 20.3. The second-order valence-corrected chi connectivity index (χ2v) is 10.8. The Morgan fingerprint density at radius 2 is 1.57 bits per heavy atom. The number of aromatic amines is 1. The van der Waals surface area contributed by atoms with Gasteiger partial charge in [0, 0.05) is 18.9 Å². The SMILES string of the molecule is COc1cccc(C(OC[C@H]2O[C@@H](n3cc(I)c(=O)[nH]c3=O)[C@H](OC)[C@@H]2O)(c2ccccc2)c2ccccc2)c1OC. The summed E-state index contributed by atoms with van der Waals surface area (Å²) in [6.45, 7) is -0.100. The van der Waals surface area contributed by atoms with E-state index in [1.54, 1.807) is 14.2 Å². The van der Waals surface area contributed by atoms with Crippen molar-refractivity contribution < 1.29 is 28.8 Å². The lowest BCUT2D eigenvalue weighted by molar-refractivity contribution is -0.0971. The Balaban J connectivity index is 1.61. The van der Waals surface area contributed by atoms with Crippen LogP contribution in [-0.4, -0.2) is 60.9 Å². The molecule has 2 heterocycles. The van der Waals surface area contributed by atoms with Crippen molar-refractivity contribution in [2.75, 3.05) is 27.9 Å². The number of hydrogen-bond donors (Lipinski definition) is 2. The number of benzene rings is 3. The number of H-pyrrole nitrogens is 1. The maximum Gasteiger partial charge on any atom is 0.330 e. The van der Waals surface area contributed by atoms with Crippen LogP contribution < -0.4 is 20.7 Å². The van der Waals surface area contributed by atoms with E-state index in [4.69, 9.17) is 23.7 Å². The highest BCUT2D eigenvalue weighted by molar-refractivity contribution is 14.1. The van der Waals surface area contributed by atoms with Gasteiger partial charge < -0.3 is 28.8 Å². The molecule has 1 aliphatic rings. The molecule has 1 saturated heterocycles. The summed E-state index contributed by atoms with van der Waals surface area (Å²) in [4.78, 5) is 26.9. The third-order valence-electron chi connectivity index (χ3n) is 7.39. The molecule has 11 heteroatoms. The fraction of sp³-hybridized carbons (Fsp3) is 0.290. The van der Waals surface area contributed by atoms with Gasteiger partial charge in [-0.2, -0.15) is 0 Å². The van der Waals surface area contributed by atoms with E-state index in [1.807, 2.05) is 101 Å². The maximum atomic E-state index is 12.7. The van der Waals surface area contributed by atoms with Gasteiger partial charge in [0.15, 0.2) is 17.7 Å². The minimum absolute atomic E-state index is 0.100. The highest BCUT2D eigenvalue weighted by Crippen LogP contribution is 2.48. The average Bonchev–Trinajstić information content (AvgIpc) is 3.34. The van der Waals surface area contributed by atoms with Crippen molar-refractivity contribution in [2.24, 2.45) is 0 Å². The van der Waals surface area contributed by atoms with Gasteiger partial charge in [-0.25, -0.2) is 4.79 Å². The minimum atomic E-state index is -1.23. The standard InChI is InChI=1S/C31H31IN2O8/c1-38-23-16-10-15-21(26(23)39-2)31(19-11-6-4-7-12-19,20-13-8-5-9-14-20)41-18-24-25(35)27(40-3)29(42-24)34-17-22(32)28(36)33-30(34)37/h4-17,24-25,27,29,35H,18H2,1-3H3,(H,33,36,37)/t24-,25-,27-,29-/m1/s1. The highest BCUT2D eigenvalue weighted by atomic mass is 127. The van der Waals surface area contributed by atoms with Gasteiger partial charge in [-0.3, -0.25) is 14.3 Å². The quantitative estimate of drug-likeness (QED) is 0.193. The van der Waals surface area contributed by atoms with Crippen LogP contribution in [0.15, 0.2) is 94.6 Å². The van der Waals surface area contributed by atoms with Crippen LogP contribution in [0.5, 0.6) is 11.5 Å². The summed E-state index contributed by atoms with van der Waals surface area (Å²) < 4.78 is 31.7. The normalized spacial score (nSPS) is 20.4. The van der Waals surface area contributed by atoms with Crippen molar-refractivity contribution in [2.45, 2.75) is 30.1 Å². The fourth-order valence-electron chi connectivity index (χ4n) is 5.42. The van der Waals surface area contributed by atoms with Crippen molar-refractivity contribution in [3.8, 4) is 11.5 Å². The number of aromatic nitrogens is 2. The maximum absolute atomic E-state index is 12.7. The number of halogens is 1. The zero-order valence-electron chi connectivity index (χ0n) is 23.2. The molecule has 1 aromatic heterocycles. The smallest absolute Gasteiger partial charge is 0.330 e. The Bertz CT molecular complexity index is 1590. The van der Waals surface area contributed by atoms with Gasteiger partial charge in [0.2, 0.25) is 0 Å². The largest absolute Gasteiger partial charge is 0.493 e. The predicted molar refractivity (Wildman–Crippen MR) is 163 cm³/mol. The zero-order chi connectivity index (χ0) is 29.9. The predicted octanol–water partition coefficient (Wildman–Crippen LogP) is 3.44. The van der Waals surface area contributed by atoms with Crippen molar-refractivity contribution in [1.29, 1.82) is 0 Å². The first-order valence-corrected chi connectivity index (χ1v) is 14.3. The lowest BCUT2D eigenvalue weighted by atomic mass is 9.79.